The summed E-state index contributed by atoms with van der Waals surface area (Å²) >= 11 is 0. The average Bonchev–Trinajstić information content (AvgIpc) is 2.94. The van der Waals surface area contributed by atoms with Crippen LogP contribution >= 0.6 is 0 Å². The molecule has 0 fully saturated rings. The van der Waals surface area contributed by atoms with E-state index in [0.29, 0.717) is 12.8 Å². The Balaban J connectivity index is 4.18. The fourth-order valence-corrected chi connectivity index (χ4v) is 5.79. The Morgan fingerprint density at radius 3 is 1.57 bits per heavy atom. The van der Waals surface area contributed by atoms with Gasteiger partial charge in [0.1, 0.15) is 6.10 Å². The summed E-state index contributed by atoms with van der Waals surface area (Å²) < 4.78 is 32.2. The van der Waals surface area contributed by atoms with Gasteiger partial charge in [-0.1, -0.05) is 154 Å². The van der Waals surface area contributed by atoms with Crippen molar-refractivity contribution in [2.24, 2.45) is 0 Å². The van der Waals surface area contributed by atoms with E-state index in [0.717, 1.165) is 32.1 Å². The van der Waals surface area contributed by atoms with E-state index in [4.69, 9.17) is 0 Å². The zero-order valence-corrected chi connectivity index (χ0v) is 27.8. The van der Waals surface area contributed by atoms with Gasteiger partial charge in [0.25, 0.3) is 10.1 Å². The molecule has 3 unspecified atom stereocenters. The van der Waals surface area contributed by atoms with Crippen molar-refractivity contribution in [1.29, 1.82) is 0 Å². The molecule has 0 aromatic rings. The molecule has 0 radical (unpaired) electrons. The maximum absolute atomic E-state index is 12.4. The van der Waals surface area contributed by atoms with Gasteiger partial charge < -0.3 is 15.5 Å². The first-order chi connectivity index (χ1) is 20.2. The molecule has 0 aromatic heterocycles. The fraction of sp³-hybridized carbons (Fsp3) is 0.853. The zero-order valence-electron chi connectivity index (χ0n) is 27.0. The number of aliphatic hydroxyl groups excluding tert-OH is 2. The third-order valence-corrected chi connectivity index (χ3v) is 8.52. The van der Waals surface area contributed by atoms with Gasteiger partial charge in [0.2, 0.25) is 5.91 Å². The third kappa shape index (κ3) is 27.6. The third-order valence-electron chi connectivity index (χ3n) is 7.74. The molecule has 248 valence electrons. The van der Waals surface area contributed by atoms with Gasteiger partial charge in [-0.15, -0.1) is 0 Å². The van der Waals surface area contributed by atoms with Gasteiger partial charge in [-0.25, -0.2) is 0 Å². The van der Waals surface area contributed by atoms with Gasteiger partial charge in [0.15, 0.2) is 0 Å². The van der Waals surface area contributed by atoms with Gasteiger partial charge in [-0.2, -0.15) is 8.42 Å². The Morgan fingerprint density at radius 2 is 1.07 bits per heavy atom. The van der Waals surface area contributed by atoms with Gasteiger partial charge in [-0.3, -0.25) is 9.35 Å². The van der Waals surface area contributed by atoms with Crippen LogP contribution in [0.5, 0.6) is 0 Å². The monoisotopic (exact) mass is 615 g/mol. The smallest absolute Gasteiger partial charge is 0.267 e. The Morgan fingerprint density at radius 1 is 0.643 bits per heavy atom. The molecule has 8 heteroatoms. The molecular weight excluding hydrogens is 550 g/mol. The van der Waals surface area contributed by atoms with Crippen molar-refractivity contribution in [2.45, 2.75) is 180 Å². The number of hydrogen-bond donors (Lipinski definition) is 4. The molecule has 7 nitrogen and oxygen atoms in total. The number of aliphatic hydroxyl groups is 2. The summed E-state index contributed by atoms with van der Waals surface area (Å²) in [7, 11) is -4.44. The lowest BCUT2D eigenvalue weighted by atomic mass is 10.0. The Kier molecular flexibility index (Phi) is 27.7. The van der Waals surface area contributed by atoms with Crippen molar-refractivity contribution in [1.82, 2.24) is 5.32 Å². The van der Waals surface area contributed by atoms with Crippen LogP contribution in [-0.2, 0) is 14.9 Å². The summed E-state index contributed by atoms with van der Waals surface area (Å²) in [6.45, 7) is 4.44. The van der Waals surface area contributed by atoms with Gasteiger partial charge in [-0.05, 0) is 32.1 Å². The molecule has 4 N–H and O–H groups in total. The quantitative estimate of drug-likeness (QED) is 0.0367. The van der Waals surface area contributed by atoms with E-state index in [9.17, 15) is 28.0 Å². The highest BCUT2D eigenvalue weighted by molar-refractivity contribution is 7.85. The second-order valence-electron chi connectivity index (χ2n) is 11.9. The van der Waals surface area contributed by atoms with Crippen LogP contribution in [0.25, 0.3) is 0 Å². The van der Waals surface area contributed by atoms with Crippen LogP contribution in [0.3, 0.4) is 0 Å². The minimum Gasteiger partial charge on any atom is -0.387 e. The van der Waals surface area contributed by atoms with Crippen LogP contribution in [-0.4, -0.2) is 53.1 Å². The first kappa shape index (κ1) is 40.8. The molecule has 42 heavy (non-hydrogen) atoms. The Labute approximate surface area is 258 Å². The first-order valence-corrected chi connectivity index (χ1v) is 18.8. The molecule has 0 saturated carbocycles. The van der Waals surface area contributed by atoms with Crippen LogP contribution < -0.4 is 5.32 Å². The lowest BCUT2D eigenvalue weighted by molar-refractivity contribution is -0.130. The van der Waals surface area contributed by atoms with E-state index in [1.807, 2.05) is 0 Å². The topological polar surface area (TPSA) is 124 Å². The molecule has 0 heterocycles. The number of allylic oxidation sites excluding steroid dienone is 3. The minimum atomic E-state index is -4.44. The first-order valence-electron chi connectivity index (χ1n) is 17.1. The van der Waals surface area contributed by atoms with Crippen molar-refractivity contribution < 1.29 is 28.0 Å². The summed E-state index contributed by atoms with van der Waals surface area (Å²) in [5.41, 5.74) is 0. The molecule has 0 aromatic carbocycles. The molecule has 0 aliphatic carbocycles. The van der Waals surface area contributed by atoms with Crippen LogP contribution in [0, 0.1) is 0 Å². The highest BCUT2D eigenvalue weighted by atomic mass is 32.2. The largest absolute Gasteiger partial charge is 0.387 e. The molecule has 0 aliphatic heterocycles. The SMILES string of the molecule is CCCCCCCCCCCCC/C=C/CC/C=C/C(O)C(CS(=O)(=O)O)NC(=O)C(O)CCCCCCCCCC. The minimum absolute atomic E-state index is 0.275. The van der Waals surface area contributed by atoms with Crippen molar-refractivity contribution in [2.75, 3.05) is 5.75 Å². The summed E-state index contributed by atoms with van der Waals surface area (Å²) in [6, 6.07) is -1.24. The zero-order chi connectivity index (χ0) is 31.3. The maximum Gasteiger partial charge on any atom is 0.267 e. The van der Waals surface area contributed by atoms with Crippen molar-refractivity contribution >= 4 is 16.0 Å². The number of carbonyl (C=O) groups is 1. The molecule has 0 aliphatic rings. The van der Waals surface area contributed by atoms with Crippen molar-refractivity contribution in [3.05, 3.63) is 24.3 Å². The van der Waals surface area contributed by atoms with E-state index in [2.05, 4.69) is 31.3 Å². The van der Waals surface area contributed by atoms with Crippen LogP contribution in [0.1, 0.15) is 162 Å². The Hall–Kier alpha value is -1.22. The number of rotatable bonds is 30. The highest BCUT2D eigenvalue weighted by Gasteiger charge is 2.27. The van der Waals surface area contributed by atoms with Crippen LogP contribution in [0.4, 0.5) is 0 Å². The molecule has 1 amide bonds. The molecule has 0 saturated heterocycles. The maximum atomic E-state index is 12.4. The van der Waals surface area contributed by atoms with Crippen LogP contribution in [0.2, 0.25) is 0 Å². The highest BCUT2D eigenvalue weighted by Crippen LogP contribution is 2.13. The number of hydrogen-bond acceptors (Lipinski definition) is 5. The number of nitrogens with one attached hydrogen (secondary N) is 1. The molecule has 0 bridgehead atoms. The lowest BCUT2D eigenvalue weighted by Gasteiger charge is -2.22. The second-order valence-corrected chi connectivity index (χ2v) is 13.4. The predicted molar refractivity (Wildman–Crippen MR) is 176 cm³/mol. The molecule has 0 rings (SSSR count). The summed E-state index contributed by atoms with van der Waals surface area (Å²) in [5, 5.41) is 23.1. The van der Waals surface area contributed by atoms with Gasteiger partial charge in [0, 0.05) is 0 Å². The summed E-state index contributed by atoms with van der Waals surface area (Å²) in [5.74, 6) is -1.56. The molecule has 0 spiro atoms. The second kappa shape index (κ2) is 28.5. The van der Waals surface area contributed by atoms with E-state index >= 15 is 0 Å². The Bertz CT molecular complexity index is 783. The lowest BCUT2D eigenvalue weighted by Crippen LogP contribution is -2.50. The number of unbranched alkanes of at least 4 members (excludes halogenated alkanes) is 19. The predicted octanol–water partition coefficient (Wildman–Crippen LogP) is 8.21. The molecule has 3 atom stereocenters. The fourth-order valence-electron chi connectivity index (χ4n) is 5.06. The standard InChI is InChI=1S/C34H65NO6S/c1-3-5-7-9-11-13-14-15-16-17-18-19-20-21-23-24-26-28-32(36)31(30-42(39,40)41)35-34(38)33(37)29-27-25-22-12-10-8-6-4-2/h20-21,26,28,31-33,36-37H,3-19,22-25,27,29-30H2,1-2H3,(H,35,38)(H,39,40,41)/b21-20+,28-26+. The van der Waals surface area contributed by atoms with Crippen molar-refractivity contribution in [3.63, 3.8) is 0 Å². The van der Waals surface area contributed by atoms with E-state index in [1.54, 1.807) is 6.08 Å². The average molecular weight is 616 g/mol. The van der Waals surface area contributed by atoms with Gasteiger partial charge >= 0.3 is 0 Å². The van der Waals surface area contributed by atoms with E-state index in [1.165, 1.54) is 102 Å². The summed E-state index contributed by atoms with van der Waals surface area (Å²) in [4.78, 5) is 12.4. The van der Waals surface area contributed by atoms with E-state index < -0.39 is 40.0 Å². The summed E-state index contributed by atoms with van der Waals surface area (Å²) in [6.07, 6.45) is 31.1. The number of amides is 1. The van der Waals surface area contributed by atoms with Gasteiger partial charge in [0.05, 0.1) is 17.9 Å². The van der Waals surface area contributed by atoms with Crippen LogP contribution in [0.15, 0.2) is 24.3 Å². The number of carbonyl (C=O) groups excluding carboxylic acids is 1. The molecular formula is C34H65NO6S. The normalized spacial score (nSPS) is 14.5. The van der Waals surface area contributed by atoms with Crippen molar-refractivity contribution in [3.8, 4) is 0 Å². The van der Waals surface area contributed by atoms with E-state index in [-0.39, 0.29) is 6.42 Å².